The number of hydrogen-bond acceptors (Lipinski definition) is 5. The first-order valence-electron chi connectivity index (χ1n) is 7.03. The summed E-state index contributed by atoms with van der Waals surface area (Å²) in [4.78, 5) is 12.0. The molecule has 7 nitrogen and oxygen atoms in total. The maximum absolute atomic E-state index is 12.0. The van der Waals surface area contributed by atoms with Crippen LogP contribution in [0, 0.1) is 0 Å². The lowest BCUT2D eigenvalue weighted by Crippen LogP contribution is -2.43. The fourth-order valence-electron chi connectivity index (χ4n) is 2.56. The van der Waals surface area contributed by atoms with E-state index in [0.717, 1.165) is 25.0 Å². The monoisotopic (exact) mass is 287 g/mol. The molecule has 1 aromatic carbocycles. The maximum Gasteiger partial charge on any atom is 0.242 e. The number of aromatic nitrogens is 4. The Morgan fingerprint density at radius 3 is 2.95 bits per heavy atom. The lowest BCUT2D eigenvalue weighted by atomic mass is 10.2. The summed E-state index contributed by atoms with van der Waals surface area (Å²) < 4.78 is 7.36. The molecule has 0 radical (unpaired) electrons. The SMILES string of the molecule is O=C(Cn1cnnn1)N[C@@H]1CCC[C@H]1Oc1ccccc1. The van der Waals surface area contributed by atoms with Gasteiger partial charge >= 0.3 is 0 Å². The molecule has 1 saturated carbocycles. The highest BCUT2D eigenvalue weighted by molar-refractivity contribution is 5.76. The molecule has 0 spiro atoms. The van der Waals surface area contributed by atoms with Crippen LogP contribution in [0.1, 0.15) is 19.3 Å². The lowest BCUT2D eigenvalue weighted by molar-refractivity contribution is -0.123. The van der Waals surface area contributed by atoms with Gasteiger partial charge in [-0.25, -0.2) is 4.68 Å². The minimum Gasteiger partial charge on any atom is -0.488 e. The van der Waals surface area contributed by atoms with E-state index in [1.807, 2.05) is 30.3 Å². The van der Waals surface area contributed by atoms with Crippen molar-refractivity contribution < 1.29 is 9.53 Å². The van der Waals surface area contributed by atoms with E-state index in [9.17, 15) is 4.79 Å². The molecule has 1 N–H and O–H groups in total. The van der Waals surface area contributed by atoms with Gasteiger partial charge in [0.15, 0.2) is 0 Å². The molecule has 2 aromatic rings. The molecular weight excluding hydrogens is 270 g/mol. The summed E-state index contributed by atoms with van der Waals surface area (Å²) in [5.74, 6) is 0.736. The Kier molecular flexibility index (Phi) is 4.09. The summed E-state index contributed by atoms with van der Waals surface area (Å²) in [7, 11) is 0. The summed E-state index contributed by atoms with van der Waals surface area (Å²) >= 11 is 0. The molecule has 7 heteroatoms. The first-order valence-corrected chi connectivity index (χ1v) is 7.03. The van der Waals surface area contributed by atoms with E-state index in [-0.39, 0.29) is 24.6 Å². The number of tetrazole rings is 1. The summed E-state index contributed by atoms with van der Waals surface area (Å²) in [5, 5.41) is 13.7. The molecule has 1 fully saturated rings. The third-order valence-electron chi connectivity index (χ3n) is 3.53. The quantitative estimate of drug-likeness (QED) is 0.879. The lowest BCUT2D eigenvalue weighted by Gasteiger charge is -2.22. The van der Waals surface area contributed by atoms with Crippen LogP contribution in [0.3, 0.4) is 0 Å². The van der Waals surface area contributed by atoms with Gasteiger partial charge < -0.3 is 10.1 Å². The number of carbonyl (C=O) groups excluding carboxylic acids is 1. The van der Waals surface area contributed by atoms with E-state index in [2.05, 4.69) is 20.8 Å². The van der Waals surface area contributed by atoms with Crippen molar-refractivity contribution in [1.29, 1.82) is 0 Å². The van der Waals surface area contributed by atoms with Gasteiger partial charge in [-0.3, -0.25) is 4.79 Å². The molecule has 0 aliphatic heterocycles. The number of nitrogens with zero attached hydrogens (tertiary/aromatic N) is 4. The molecule has 1 amide bonds. The Morgan fingerprint density at radius 2 is 2.19 bits per heavy atom. The average Bonchev–Trinajstić information content (AvgIpc) is 3.13. The molecule has 1 aromatic heterocycles. The predicted octanol–water partition coefficient (Wildman–Crippen LogP) is 0.789. The molecule has 0 unspecified atom stereocenters. The fraction of sp³-hybridized carbons (Fsp3) is 0.429. The average molecular weight is 287 g/mol. The molecule has 110 valence electrons. The summed E-state index contributed by atoms with van der Waals surface area (Å²) in [6.45, 7) is 0.127. The Hall–Kier alpha value is -2.44. The van der Waals surface area contributed by atoms with Gasteiger partial charge in [-0.05, 0) is 41.8 Å². The summed E-state index contributed by atoms with van der Waals surface area (Å²) in [6, 6.07) is 9.73. The molecular formula is C14H17N5O2. The third-order valence-corrected chi connectivity index (χ3v) is 3.53. The number of para-hydroxylation sites is 1. The zero-order chi connectivity index (χ0) is 14.5. The van der Waals surface area contributed by atoms with Gasteiger partial charge in [-0.15, -0.1) is 5.10 Å². The summed E-state index contributed by atoms with van der Waals surface area (Å²) in [6.07, 6.45) is 4.37. The van der Waals surface area contributed by atoms with Crippen LogP contribution in [0.2, 0.25) is 0 Å². The maximum atomic E-state index is 12.0. The van der Waals surface area contributed by atoms with E-state index in [1.54, 1.807) is 0 Å². The molecule has 3 rings (SSSR count). The Bertz CT molecular complexity index is 572. The highest BCUT2D eigenvalue weighted by Gasteiger charge is 2.30. The van der Waals surface area contributed by atoms with Crippen molar-refractivity contribution in [3.63, 3.8) is 0 Å². The van der Waals surface area contributed by atoms with Gasteiger partial charge in [0.1, 0.15) is 24.7 Å². The minimum absolute atomic E-state index is 0.0187. The largest absolute Gasteiger partial charge is 0.488 e. The first kappa shape index (κ1) is 13.5. The molecule has 2 atom stereocenters. The van der Waals surface area contributed by atoms with Crippen LogP contribution < -0.4 is 10.1 Å². The van der Waals surface area contributed by atoms with Crippen LogP contribution in [0.4, 0.5) is 0 Å². The predicted molar refractivity (Wildman–Crippen MR) is 74.5 cm³/mol. The smallest absolute Gasteiger partial charge is 0.242 e. The number of rotatable bonds is 5. The van der Waals surface area contributed by atoms with E-state index < -0.39 is 0 Å². The number of amides is 1. The Labute approximate surface area is 122 Å². The molecule has 1 heterocycles. The zero-order valence-corrected chi connectivity index (χ0v) is 11.6. The number of carbonyl (C=O) groups is 1. The van der Waals surface area contributed by atoms with Gasteiger partial charge in [0.05, 0.1) is 6.04 Å². The van der Waals surface area contributed by atoms with Gasteiger partial charge in [-0.1, -0.05) is 18.2 Å². The molecule has 1 aliphatic rings. The van der Waals surface area contributed by atoms with Gasteiger partial charge in [-0.2, -0.15) is 0 Å². The van der Waals surface area contributed by atoms with Crippen molar-refractivity contribution in [2.45, 2.75) is 38.0 Å². The number of benzene rings is 1. The third kappa shape index (κ3) is 3.56. The van der Waals surface area contributed by atoms with Crippen molar-refractivity contribution in [3.8, 4) is 5.75 Å². The van der Waals surface area contributed by atoms with E-state index in [4.69, 9.17) is 4.74 Å². The molecule has 0 saturated heterocycles. The number of ether oxygens (including phenoxy) is 1. The fourth-order valence-corrected chi connectivity index (χ4v) is 2.56. The number of hydrogen-bond donors (Lipinski definition) is 1. The number of nitrogens with one attached hydrogen (secondary N) is 1. The van der Waals surface area contributed by atoms with Crippen LogP contribution >= 0.6 is 0 Å². The van der Waals surface area contributed by atoms with Gasteiger partial charge in [0.25, 0.3) is 0 Å². The van der Waals surface area contributed by atoms with Crippen molar-refractivity contribution in [3.05, 3.63) is 36.7 Å². The minimum atomic E-state index is -0.101. The van der Waals surface area contributed by atoms with E-state index in [0.29, 0.717) is 0 Å². The first-order chi connectivity index (χ1) is 10.3. The standard InChI is InChI=1S/C14H17N5O2/c20-14(9-19-10-15-17-18-19)16-12-7-4-8-13(12)21-11-5-2-1-3-6-11/h1-3,5-6,10,12-13H,4,7-9H2,(H,16,20)/t12-,13-/m1/s1. The van der Waals surface area contributed by atoms with Crippen LogP contribution in [0.15, 0.2) is 36.7 Å². The van der Waals surface area contributed by atoms with Crippen LogP contribution in [-0.4, -0.2) is 38.3 Å². The highest BCUT2D eigenvalue weighted by atomic mass is 16.5. The summed E-state index contributed by atoms with van der Waals surface area (Å²) in [5.41, 5.74) is 0. The van der Waals surface area contributed by atoms with E-state index >= 15 is 0 Å². The highest BCUT2D eigenvalue weighted by Crippen LogP contribution is 2.24. The van der Waals surface area contributed by atoms with E-state index in [1.165, 1.54) is 11.0 Å². The zero-order valence-electron chi connectivity index (χ0n) is 11.6. The van der Waals surface area contributed by atoms with Crippen LogP contribution in [-0.2, 0) is 11.3 Å². The molecule has 1 aliphatic carbocycles. The topological polar surface area (TPSA) is 81.9 Å². The second-order valence-electron chi connectivity index (χ2n) is 5.08. The van der Waals surface area contributed by atoms with Crippen LogP contribution in [0.25, 0.3) is 0 Å². The van der Waals surface area contributed by atoms with Crippen molar-refractivity contribution in [2.24, 2.45) is 0 Å². The van der Waals surface area contributed by atoms with Gasteiger partial charge in [0.2, 0.25) is 5.91 Å². The van der Waals surface area contributed by atoms with Crippen molar-refractivity contribution >= 4 is 5.91 Å². The second kappa shape index (κ2) is 6.34. The van der Waals surface area contributed by atoms with Crippen LogP contribution in [0.5, 0.6) is 5.75 Å². The van der Waals surface area contributed by atoms with Crippen molar-refractivity contribution in [2.75, 3.05) is 0 Å². The molecule has 21 heavy (non-hydrogen) atoms. The molecule has 0 bridgehead atoms. The van der Waals surface area contributed by atoms with Gasteiger partial charge in [0, 0.05) is 0 Å². The second-order valence-corrected chi connectivity index (χ2v) is 5.08. The normalized spacial score (nSPS) is 21.1. The Morgan fingerprint density at radius 1 is 1.33 bits per heavy atom. The van der Waals surface area contributed by atoms with Crippen molar-refractivity contribution in [1.82, 2.24) is 25.5 Å². The Balaban J connectivity index is 1.55.